The summed E-state index contributed by atoms with van der Waals surface area (Å²) in [4.78, 5) is 24.7. The Morgan fingerprint density at radius 2 is 1.68 bits per heavy atom. The number of carbonyl (C=O) groups excluding carboxylic acids is 1. The molecule has 0 atom stereocenters. The van der Waals surface area contributed by atoms with Crippen LogP contribution in [-0.2, 0) is 16.1 Å². The van der Waals surface area contributed by atoms with Crippen molar-refractivity contribution in [2.45, 2.75) is 51.4 Å². The average Bonchev–Trinajstić information content (AvgIpc) is 3.53. The van der Waals surface area contributed by atoms with Crippen molar-refractivity contribution in [1.29, 1.82) is 0 Å². The number of aliphatic carboxylic acids is 1. The molecule has 1 aromatic heterocycles. The fourth-order valence-corrected chi connectivity index (χ4v) is 5.94. The molecule has 0 unspecified atom stereocenters. The Hall–Kier alpha value is -3.52. The third kappa shape index (κ3) is 6.13. The fraction of sp³-hybridized carbons (Fsp3) is 0.333. The standard InChI is InChI=1S/C30H31F2NO4S/c1-19-16-23(17-20(2)27(19)21-6-8-22(9-7-21)29(3,31)32)37-18-30(13-4-5-14-30)25-11-10-24(38-25)28(36)33-15-12-26(34)35/h4-11,16-17H,12-15,18H2,1-3H3,(H,33,36)(H,34,35). The monoisotopic (exact) mass is 539 g/mol. The first-order valence-corrected chi connectivity index (χ1v) is 13.3. The van der Waals surface area contributed by atoms with Gasteiger partial charge in [0.25, 0.3) is 11.8 Å². The second kappa shape index (κ2) is 11.1. The lowest BCUT2D eigenvalue weighted by atomic mass is 9.84. The van der Waals surface area contributed by atoms with Gasteiger partial charge in [-0.25, -0.2) is 8.78 Å². The van der Waals surface area contributed by atoms with Crippen LogP contribution in [0.2, 0.25) is 0 Å². The largest absolute Gasteiger partial charge is 0.493 e. The van der Waals surface area contributed by atoms with E-state index < -0.39 is 11.9 Å². The average molecular weight is 540 g/mol. The van der Waals surface area contributed by atoms with E-state index in [4.69, 9.17) is 9.84 Å². The van der Waals surface area contributed by atoms with Crippen LogP contribution in [0.5, 0.6) is 5.75 Å². The summed E-state index contributed by atoms with van der Waals surface area (Å²) in [5, 5.41) is 11.4. The predicted molar refractivity (Wildman–Crippen MR) is 145 cm³/mol. The van der Waals surface area contributed by atoms with Crippen LogP contribution in [0, 0.1) is 13.8 Å². The van der Waals surface area contributed by atoms with Crippen molar-refractivity contribution in [3.63, 3.8) is 0 Å². The van der Waals surface area contributed by atoms with E-state index in [9.17, 15) is 18.4 Å². The first-order valence-electron chi connectivity index (χ1n) is 12.5. The highest BCUT2D eigenvalue weighted by molar-refractivity contribution is 7.14. The first-order chi connectivity index (χ1) is 18.0. The maximum absolute atomic E-state index is 13.6. The van der Waals surface area contributed by atoms with Crippen molar-refractivity contribution < 1.29 is 28.2 Å². The number of amides is 1. The van der Waals surface area contributed by atoms with Crippen LogP contribution in [0.4, 0.5) is 8.78 Å². The molecule has 1 heterocycles. The van der Waals surface area contributed by atoms with Gasteiger partial charge in [0.15, 0.2) is 0 Å². The van der Waals surface area contributed by atoms with Crippen LogP contribution in [0.1, 0.15) is 57.4 Å². The highest BCUT2D eigenvalue weighted by atomic mass is 32.1. The molecule has 1 aliphatic carbocycles. The topological polar surface area (TPSA) is 75.6 Å². The van der Waals surface area contributed by atoms with Crippen LogP contribution in [0.3, 0.4) is 0 Å². The Kier molecular flexibility index (Phi) is 8.02. The minimum absolute atomic E-state index is 0.0125. The Morgan fingerprint density at radius 1 is 1.05 bits per heavy atom. The van der Waals surface area contributed by atoms with Crippen molar-refractivity contribution in [2.24, 2.45) is 0 Å². The number of hydrogen-bond donors (Lipinski definition) is 2. The van der Waals surface area contributed by atoms with Crippen molar-refractivity contribution in [3.05, 3.63) is 87.1 Å². The SMILES string of the molecule is Cc1cc(OCC2(c3ccc(C(=O)NCCC(=O)O)s3)CC=CC2)cc(C)c1-c1ccc(C(C)(F)F)cc1. The van der Waals surface area contributed by atoms with Crippen molar-refractivity contribution in [2.75, 3.05) is 13.2 Å². The predicted octanol–water partition coefficient (Wildman–Crippen LogP) is 7.01. The van der Waals surface area contributed by atoms with Gasteiger partial charge in [-0.3, -0.25) is 9.59 Å². The van der Waals surface area contributed by atoms with E-state index in [1.807, 2.05) is 32.0 Å². The number of hydrogen-bond acceptors (Lipinski definition) is 4. The number of nitrogens with one attached hydrogen (secondary N) is 1. The van der Waals surface area contributed by atoms with Gasteiger partial charge < -0.3 is 15.2 Å². The van der Waals surface area contributed by atoms with Crippen molar-refractivity contribution in [1.82, 2.24) is 5.32 Å². The van der Waals surface area contributed by atoms with Crippen molar-refractivity contribution in [3.8, 4) is 16.9 Å². The molecular weight excluding hydrogens is 508 g/mol. The molecule has 38 heavy (non-hydrogen) atoms. The number of halogens is 2. The molecule has 3 aromatic rings. The highest BCUT2D eigenvalue weighted by Gasteiger charge is 2.36. The molecule has 0 bridgehead atoms. The summed E-state index contributed by atoms with van der Waals surface area (Å²) < 4.78 is 33.6. The number of thiophene rings is 1. The highest BCUT2D eigenvalue weighted by Crippen LogP contribution is 2.42. The van der Waals surface area contributed by atoms with Crippen LogP contribution >= 0.6 is 11.3 Å². The van der Waals surface area contributed by atoms with Crippen LogP contribution in [0.15, 0.2) is 60.7 Å². The van der Waals surface area contributed by atoms with Crippen LogP contribution in [-0.4, -0.2) is 30.1 Å². The molecule has 0 saturated carbocycles. The zero-order chi connectivity index (χ0) is 27.5. The number of allylic oxidation sites excluding steroid dienone is 2. The van der Waals surface area contributed by atoms with Crippen molar-refractivity contribution >= 4 is 23.2 Å². The van der Waals surface area contributed by atoms with Gasteiger partial charge in [-0.05, 0) is 73.2 Å². The number of carboxylic acids is 1. The molecular formula is C30H31F2NO4S. The number of carboxylic acid groups (broad SMARTS) is 1. The maximum atomic E-state index is 13.6. The van der Waals surface area contributed by atoms with Crippen LogP contribution < -0.4 is 10.1 Å². The van der Waals surface area contributed by atoms with Gasteiger partial charge in [0, 0.05) is 29.3 Å². The fourth-order valence-electron chi connectivity index (χ4n) is 4.82. The summed E-state index contributed by atoms with van der Waals surface area (Å²) in [5.41, 5.74) is 3.56. The second-order valence-electron chi connectivity index (χ2n) is 9.91. The molecule has 0 saturated heterocycles. The molecule has 1 amide bonds. The van der Waals surface area contributed by atoms with Gasteiger partial charge in [-0.15, -0.1) is 11.3 Å². The molecule has 0 aliphatic heterocycles. The first kappa shape index (κ1) is 27.5. The minimum Gasteiger partial charge on any atom is -0.493 e. The molecule has 5 nitrogen and oxygen atoms in total. The van der Waals surface area contributed by atoms with Gasteiger partial charge in [-0.1, -0.05) is 36.4 Å². The normalized spacial score (nSPS) is 14.4. The number of rotatable bonds is 10. The summed E-state index contributed by atoms with van der Waals surface area (Å²) in [6.45, 7) is 5.38. The van der Waals surface area contributed by atoms with E-state index in [1.54, 1.807) is 18.2 Å². The summed E-state index contributed by atoms with van der Waals surface area (Å²) in [6, 6.07) is 14.1. The third-order valence-electron chi connectivity index (χ3n) is 6.86. The Labute approximate surface area is 225 Å². The lowest BCUT2D eigenvalue weighted by Gasteiger charge is -2.28. The van der Waals surface area contributed by atoms with E-state index in [0.29, 0.717) is 11.5 Å². The Bertz CT molecular complexity index is 1320. The van der Waals surface area contributed by atoms with E-state index in [0.717, 1.165) is 52.6 Å². The molecule has 8 heteroatoms. The number of carbonyl (C=O) groups is 2. The summed E-state index contributed by atoms with van der Waals surface area (Å²) in [7, 11) is 0. The van der Waals surface area contributed by atoms with Crippen LogP contribution in [0.25, 0.3) is 11.1 Å². The van der Waals surface area contributed by atoms with E-state index in [2.05, 4.69) is 17.5 Å². The van der Waals surface area contributed by atoms with Gasteiger partial charge >= 0.3 is 5.97 Å². The lowest BCUT2D eigenvalue weighted by molar-refractivity contribution is -0.136. The Balaban J connectivity index is 1.49. The zero-order valence-electron chi connectivity index (χ0n) is 21.6. The molecule has 1 aliphatic rings. The molecule has 2 N–H and O–H groups in total. The molecule has 2 aromatic carbocycles. The quantitative estimate of drug-likeness (QED) is 0.272. The number of aryl methyl sites for hydroxylation is 2. The van der Waals surface area contributed by atoms with Gasteiger partial charge in [0.1, 0.15) is 5.75 Å². The van der Waals surface area contributed by atoms with E-state index in [-0.39, 0.29) is 29.9 Å². The summed E-state index contributed by atoms with van der Waals surface area (Å²) in [5.74, 6) is -3.38. The van der Waals surface area contributed by atoms with Gasteiger partial charge in [0.05, 0.1) is 17.9 Å². The van der Waals surface area contributed by atoms with E-state index in [1.165, 1.54) is 23.5 Å². The second-order valence-corrected chi connectivity index (χ2v) is 11.0. The summed E-state index contributed by atoms with van der Waals surface area (Å²) >= 11 is 1.41. The van der Waals surface area contributed by atoms with Gasteiger partial charge in [-0.2, -0.15) is 0 Å². The molecule has 4 rings (SSSR count). The molecule has 0 radical (unpaired) electrons. The maximum Gasteiger partial charge on any atom is 0.305 e. The lowest BCUT2D eigenvalue weighted by Crippen LogP contribution is -2.29. The molecule has 0 fully saturated rings. The van der Waals surface area contributed by atoms with Gasteiger partial charge in [0.2, 0.25) is 0 Å². The number of alkyl halides is 2. The third-order valence-corrected chi connectivity index (χ3v) is 8.19. The smallest absolute Gasteiger partial charge is 0.305 e. The number of ether oxygens (including phenoxy) is 1. The van der Waals surface area contributed by atoms with E-state index >= 15 is 0 Å². The zero-order valence-corrected chi connectivity index (χ0v) is 22.5. The summed E-state index contributed by atoms with van der Waals surface area (Å²) in [6.07, 6.45) is 5.71. The Morgan fingerprint density at radius 3 is 2.26 bits per heavy atom. The number of benzene rings is 2. The molecule has 0 spiro atoms. The molecule has 200 valence electrons. The minimum atomic E-state index is -2.88.